The third kappa shape index (κ3) is 3.78. The summed E-state index contributed by atoms with van der Waals surface area (Å²) < 4.78 is 26.1. The van der Waals surface area contributed by atoms with Crippen LogP contribution < -0.4 is 5.73 Å². The molecule has 0 saturated carbocycles. The summed E-state index contributed by atoms with van der Waals surface area (Å²) in [5.41, 5.74) is 5.47. The molecule has 1 aromatic heterocycles. The molecule has 0 spiro atoms. The maximum absolute atomic E-state index is 12.3. The van der Waals surface area contributed by atoms with Gasteiger partial charge in [0.15, 0.2) is 5.03 Å². The van der Waals surface area contributed by atoms with Crippen LogP contribution in [-0.4, -0.2) is 66.9 Å². The third-order valence-electron chi connectivity index (χ3n) is 3.60. The Balaban J connectivity index is 1.79. The topological polar surface area (TPSA) is 95.3 Å². The van der Waals surface area contributed by atoms with Gasteiger partial charge in [-0.2, -0.15) is 4.31 Å². The van der Waals surface area contributed by atoms with Gasteiger partial charge in [0.25, 0.3) is 10.0 Å². The number of unbranched alkanes of at least 4 members (excludes halogenated alkanes) is 2. The highest BCUT2D eigenvalue weighted by Gasteiger charge is 2.29. The van der Waals surface area contributed by atoms with Crippen molar-refractivity contribution >= 4 is 10.0 Å². The smallest absolute Gasteiger partial charge is 0.260 e. The van der Waals surface area contributed by atoms with Gasteiger partial charge in [0.1, 0.15) is 0 Å². The molecule has 1 fully saturated rings. The summed E-state index contributed by atoms with van der Waals surface area (Å²) in [6.07, 6.45) is 6.08. The molecular formula is C12H23N5O2S. The van der Waals surface area contributed by atoms with Gasteiger partial charge in [0.2, 0.25) is 0 Å². The van der Waals surface area contributed by atoms with E-state index in [4.69, 9.17) is 5.73 Å². The molecule has 2 rings (SSSR count). The van der Waals surface area contributed by atoms with E-state index in [9.17, 15) is 8.42 Å². The van der Waals surface area contributed by atoms with Crippen molar-refractivity contribution in [2.75, 3.05) is 39.3 Å². The average molecular weight is 301 g/mol. The average Bonchev–Trinajstić information content (AvgIpc) is 2.99. The van der Waals surface area contributed by atoms with E-state index in [2.05, 4.69) is 14.9 Å². The van der Waals surface area contributed by atoms with Crippen molar-refractivity contribution in [2.45, 2.75) is 24.3 Å². The molecule has 114 valence electrons. The van der Waals surface area contributed by atoms with E-state index in [1.54, 1.807) is 0 Å². The lowest BCUT2D eigenvalue weighted by Gasteiger charge is -2.33. The Hall–Kier alpha value is -0.960. The largest absolute Gasteiger partial charge is 0.335 e. The molecule has 8 heteroatoms. The van der Waals surface area contributed by atoms with E-state index in [-0.39, 0.29) is 5.03 Å². The van der Waals surface area contributed by atoms with Crippen molar-refractivity contribution < 1.29 is 8.42 Å². The van der Waals surface area contributed by atoms with Gasteiger partial charge in [-0.3, -0.25) is 0 Å². The Morgan fingerprint density at radius 1 is 1.20 bits per heavy atom. The van der Waals surface area contributed by atoms with Crippen LogP contribution in [0.25, 0.3) is 0 Å². The molecule has 20 heavy (non-hydrogen) atoms. The standard InChI is InChI=1S/C12H23N5O2S/c13-4-2-1-3-5-16-6-8-17(9-7-16)20(18,19)12-10-14-11-15-12/h10-11H,1-9,13H2,(H,14,15). The van der Waals surface area contributed by atoms with Crippen LogP contribution in [0.2, 0.25) is 0 Å². The van der Waals surface area contributed by atoms with Gasteiger partial charge in [0, 0.05) is 26.2 Å². The van der Waals surface area contributed by atoms with Crippen molar-refractivity contribution in [3.8, 4) is 0 Å². The van der Waals surface area contributed by atoms with Crippen molar-refractivity contribution in [2.24, 2.45) is 5.73 Å². The molecule has 0 atom stereocenters. The Morgan fingerprint density at radius 2 is 1.95 bits per heavy atom. The highest BCUT2D eigenvalue weighted by molar-refractivity contribution is 7.89. The summed E-state index contributed by atoms with van der Waals surface area (Å²) in [7, 11) is -3.40. The highest BCUT2D eigenvalue weighted by Crippen LogP contribution is 2.15. The predicted octanol–water partition coefficient (Wildman–Crippen LogP) is -0.155. The van der Waals surface area contributed by atoms with Crippen molar-refractivity contribution in [3.63, 3.8) is 0 Å². The molecule has 2 heterocycles. The van der Waals surface area contributed by atoms with E-state index in [1.807, 2.05) is 0 Å². The number of nitrogens with zero attached hydrogens (tertiary/aromatic N) is 3. The Labute approximate surface area is 120 Å². The highest BCUT2D eigenvalue weighted by atomic mass is 32.2. The van der Waals surface area contributed by atoms with E-state index < -0.39 is 10.0 Å². The minimum absolute atomic E-state index is 0.175. The number of imidazole rings is 1. The summed E-state index contributed by atoms with van der Waals surface area (Å²) in [6, 6.07) is 0. The first-order valence-electron chi connectivity index (χ1n) is 7.05. The van der Waals surface area contributed by atoms with E-state index >= 15 is 0 Å². The van der Waals surface area contributed by atoms with Crippen LogP contribution in [0.5, 0.6) is 0 Å². The number of hydrogen-bond acceptors (Lipinski definition) is 5. The second-order valence-electron chi connectivity index (χ2n) is 5.01. The summed E-state index contributed by atoms with van der Waals surface area (Å²) in [5, 5.41) is 0.175. The molecule has 1 aromatic rings. The SMILES string of the molecule is NCCCCCN1CCN(S(=O)(=O)c2cnc[nH]2)CC1. The molecule has 0 unspecified atom stereocenters. The van der Waals surface area contributed by atoms with Crippen LogP contribution >= 0.6 is 0 Å². The zero-order valence-corrected chi connectivity index (χ0v) is 12.5. The van der Waals surface area contributed by atoms with Crippen LogP contribution in [0.1, 0.15) is 19.3 Å². The fourth-order valence-electron chi connectivity index (χ4n) is 2.37. The second-order valence-corrected chi connectivity index (χ2v) is 6.92. The molecular weight excluding hydrogens is 278 g/mol. The number of sulfonamides is 1. The Morgan fingerprint density at radius 3 is 2.55 bits per heavy atom. The molecule has 1 saturated heterocycles. The summed E-state index contributed by atoms with van der Waals surface area (Å²) in [6.45, 7) is 4.43. The van der Waals surface area contributed by atoms with Crippen molar-refractivity contribution in [1.82, 2.24) is 19.2 Å². The number of aromatic nitrogens is 2. The van der Waals surface area contributed by atoms with Crippen LogP contribution in [0.15, 0.2) is 17.6 Å². The number of piperazine rings is 1. The Bertz CT molecular complexity index is 480. The lowest BCUT2D eigenvalue weighted by Crippen LogP contribution is -2.48. The predicted molar refractivity (Wildman–Crippen MR) is 76.7 cm³/mol. The van der Waals surface area contributed by atoms with Gasteiger partial charge >= 0.3 is 0 Å². The Kier molecular flexibility index (Phi) is 5.53. The van der Waals surface area contributed by atoms with Crippen LogP contribution in [0, 0.1) is 0 Å². The molecule has 1 aliphatic heterocycles. The fraction of sp³-hybridized carbons (Fsp3) is 0.750. The molecule has 0 aliphatic carbocycles. The van der Waals surface area contributed by atoms with Crippen molar-refractivity contribution in [3.05, 3.63) is 12.5 Å². The maximum Gasteiger partial charge on any atom is 0.260 e. The molecule has 0 amide bonds. The van der Waals surface area contributed by atoms with Crippen LogP contribution in [0.3, 0.4) is 0 Å². The fourth-order valence-corrected chi connectivity index (χ4v) is 3.69. The molecule has 1 aliphatic rings. The molecule has 0 aromatic carbocycles. The van der Waals surface area contributed by atoms with E-state index in [1.165, 1.54) is 16.8 Å². The monoisotopic (exact) mass is 301 g/mol. The van der Waals surface area contributed by atoms with Crippen LogP contribution in [0.4, 0.5) is 0 Å². The minimum Gasteiger partial charge on any atom is -0.335 e. The zero-order valence-electron chi connectivity index (χ0n) is 11.7. The zero-order chi connectivity index (χ0) is 14.4. The van der Waals surface area contributed by atoms with E-state index in [0.717, 1.165) is 45.4 Å². The van der Waals surface area contributed by atoms with E-state index in [0.29, 0.717) is 13.1 Å². The minimum atomic E-state index is -3.40. The number of aromatic amines is 1. The van der Waals surface area contributed by atoms with Gasteiger partial charge in [-0.25, -0.2) is 13.4 Å². The lowest BCUT2D eigenvalue weighted by molar-refractivity contribution is 0.185. The van der Waals surface area contributed by atoms with Crippen LogP contribution in [-0.2, 0) is 10.0 Å². The summed E-state index contributed by atoms with van der Waals surface area (Å²) in [4.78, 5) is 8.76. The van der Waals surface area contributed by atoms with Gasteiger partial charge in [-0.1, -0.05) is 6.42 Å². The quantitative estimate of drug-likeness (QED) is 0.683. The summed E-state index contributed by atoms with van der Waals surface area (Å²) in [5.74, 6) is 0. The molecule has 0 radical (unpaired) electrons. The number of nitrogens with one attached hydrogen (secondary N) is 1. The second kappa shape index (κ2) is 7.16. The normalized spacial score (nSPS) is 18.4. The number of nitrogens with two attached hydrogens (primary N) is 1. The van der Waals surface area contributed by atoms with Gasteiger partial charge in [-0.15, -0.1) is 0 Å². The van der Waals surface area contributed by atoms with Crippen molar-refractivity contribution in [1.29, 1.82) is 0 Å². The van der Waals surface area contributed by atoms with Gasteiger partial charge in [-0.05, 0) is 25.9 Å². The summed E-state index contributed by atoms with van der Waals surface area (Å²) >= 11 is 0. The first kappa shape index (κ1) is 15.4. The molecule has 3 N–H and O–H groups in total. The molecule has 7 nitrogen and oxygen atoms in total. The number of hydrogen-bond donors (Lipinski definition) is 2. The molecule has 0 bridgehead atoms. The first-order chi connectivity index (χ1) is 9.64. The third-order valence-corrected chi connectivity index (χ3v) is 5.42. The van der Waals surface area contributed by atoms with Gasteiger partial charge < -0.3 is 15.6 Å². The van der Waals surface area contributed by atoms with Gasteiger partial charge in [0.05, 0.1) is 12.5 Å². The lowest BCUT2D eigenvalue weighted by atomic mass is 10.2. The first-order valence-corrected chi connectivity index (χ1v) is 8.49. The number of H-pyrrole nitrogens is 1. The number of rotatable bonds is 7. The maximum atomic E-state index is 12.3.